The van der Waals surface area contributed by atoms with Crippen molar-refractivity contribution in [2.45, 2.75) is 19.3 Å². The summed E-state index contributed by atoms with van der Waals surface area (Å²) in [5, 5.41) is 8.72. The zero-order valence-corrected chi connectivity index (χ0v) is 20.6. The molecule has 1 N–H and O–H groups in total. The van der Waals surface area contributed by atoms with Crippen LogP contribution in [0, 0.1) is 0 Å². The van der Waals surface area contributed by atoms with E-state index in [4.69, 9.17) is 0 Å². The van der Waals surface area contributed by atoms with Crippen LogP contribution in [0.3, 0.4) is 0 Å². The van der Waals surface area contributed by atoms with Crippen molar-refractivity contribution in [3.63, 3.8) is 0 Å². The summed E-state index contributed by atoms with van der Waals surface area (Å²) in [6.45, 7) is 4.36. The monoisotopic (exact) mass is 506 g/mol. The maximum absolute atomic E-state index is 14.9. The lowest BCUT2D eigenvalue weighted by atomic mass is 9.84. The fourth-order valence-electron chi connectivity index (χ4n) is 4.62. The van der Waals surface area contributed by atoms with Gasteiger partial charge in [-0.15, -0.1) is 0 Å². The third-order valence-corrected chi connectivity index (χ3v) is 9.04. The summed E-state index contributed by atoms with van der Waals surface area (Å²) in [6.07, 6.45) is 1.76. The van der Waals surface area contributed by atoms with Crippen molar-refractivity contribution in [3.05, 3.63) is 99.9 Å². The molecule has 0 aromatic heterocycles. The number of allylic oxidation sites excluding steroid dienone is 2. The van der Waals surface area contributed by atoms with Gasteiger partial charge in [-0.1, -0.05) is 66.2 Å². The smallest absolute Gasteiger partial charge is 0.313 e. The molecule has 0 spiro atoms. The Kier molecular flexibility index (Phi) is 5.03. The normalized spacial score (nSPS) is 23.5. The number of benzene rings is 3. The number of halogens is 1. The molecule has 5 nitrogen and oxygen atoms in total. The van der Waals surface area contributed by atoms with Crippen molar-refractivity contribution in [1.29, 1.82) is 0 Å². The Hall–Kier alpha value is -2.82. The van der Waals surface area contributed by atoms with Crippen LogP contribution < -0.4 is 14.8 Å². The number of hydrogen-bond acceptors (Lipinski definition) is 3. The number of anilines is 3. The Morgan fingerprint density at radius 1 is 0.938 bits per heavy atom. The second kappa shape index (κ2) is 7.65. The van der Waals surface area contributed by atoms with Gasteiger partial charge >= 0.3 is 7.44 Å². The van der Waals surface area contributed by atoms with Gasteiger partial charge < -0.3 is 9.99 Å². The summed E-state index contributed by atoms with van der Waals surface area (Å²) in [5.41, 5.74) is 4.57. The maximum Gasteiger partial charge on any atom is 0.313 e. The Balaban J connectivity index is 1.70. The number of nitrogens with one attached hydrogen (secondary N) is 1. The first-order valence-electron chi connectivity index (χ1n) is 10.4. The van der Waals surface area contributed by atoms with Crippen molar-refractivity contribution in [2.75, 3.05) is 21.8 Å². The second-order valence-corrected chi connectivity index (χ2v) is 11.7. The lowest BCUT2D eigenvalue weighted by Gasteiger charge is -2.31. The number of nitrogens with zero attached hydrogens (tertiary/aromatic N) is 3. The minimum absolute atomic E-state index is 0.323. The van der Waals surface area contributed by atoms with Crippen LogP contribution in [-0.4, -0.2) is 13.3 Å². The van der Waals surface area contributed by atoms with Gasteiger partial charge in [-0.2, -0.15) is 9.88 Å². The molecule has 7 heteroatoms. The number of hydrogen-bond donors (Lipinski definition) is 1. The van der Waals surface area contributed by atoms with Crippen LogP contribution in [-0.2, 0) is 9.98 Å². The molecule has 0 saturated carbocycles. The molecule has 3 aromatic carbocycles. The quantitative estimate of drug-likeness (QED) is 0.381. The summed E-state index contributed by atoms with van der Waals surface area (Å²) < 4.78 is 17.5. The van der Waals surface area contributed by atoms with E-state index < -0.39 is 7.44 Å². The largest absolute Gasteiger partial charge is 0.346 e. The molecule has 162 valence electrons. The van der Waals surface area contributed by atoms with Gasteiger partial charge in [0.15, 0.2) is 0 Å². The van der Waals surface area contributed by atoms with Gasteiger partial charge in [0.2, 0.25) is 0 Å². The van der Waals surface area contributed by atoms with Gasteiger partial charge in [-0.3, -0.25) is 4.57 Å². The average molecular weight is 507 g/mol. The predicted octanol–water partition coefficient (Wildman–Crippen LogP) is 7.20. The molecular weight excluding hydrogens is 483 g/mol. The summed E-state index contributed by atoms with van der Waals surface area (Å²) in [6, 6.07) is 25.7. The number of fused-ring (bicyclic) bond motifs is 1. The summed E-state index contributed by atoms with van der Waals surface area (Å²) in [5.74, 6) is 0. The predicted molar refractivity (Wildman–Crippen MR) is 138 cm³/mol. The maximum atomic E-state index is 14.9. The fourth-order valence-corrected chi connectivity index (χ4v) is 7.38. The highest BCUT2D eigenvalue weighted by atomic mass is 79.9. The molecule has 0 amide bonds. The van der Waals surface area contributed by atoms with Crippen LogP contribution in [0.4, 0.5) is 17.1 Å². The minimum Gasteiger partial charge on any atom is -0.346 e. The standard InChI is InChI=1S/C25H24BrN4OP/c1-25(2)21-11-7-8-12-22(21)29(3)24(25)23-17-27-30(20-9-5-4-6-10-20)32(23,31)28-19-15-13-18(26)14-16-19/h4-17H,1-3H3,(H,28,31)/b24-23-. The van der Waals surface area contributed by atoms with Crippen molar-refractivity contribution in [3.8, 4) is 0 Å². The molecule has 0 aliphatic carbocycles. The van der Waals surface area contributed by atoms with Crippen LogP contribution in [0.1, 0.15) is 19.4 Å². The van der Waals surface area contributed by atoms with Crippen molar-refractivity contribution < 1.29 is 4.57 Å². The molecular formula is C25H24BrN4OP. The molecule has 1 unspecified atom stereocenters. The molecule has 2 aliphatic heterocycles. The zero-order chi connectivity index (χ0) is 22.5. The van der Waals surface area contributed by atoms with E-state index in [0.29, 0.717) is 5.31 Å². The van der Waals surface area contributed by atoms with Crippen molar-refractivity contribution in [2.24, 2.45) is 5.10 Å². The second-order valence-electron chi connectivity index (χ2n) is 8.50. The van der Waals surface area contributed by atoms with E-state index in [1.54, 1.807) is 11.0 Å². The zero-order valence-electron chi connectivity index (χ0n) is 18.2. The molecule has 0 bridgehead atoms. The molecule has 0 saturated heterocycles. The summed E-state index contributed by atoms with van der Waals surface area (Å²) in [4.78, 5) is 2.15. The highest BCUT2D eigenvalue weighted by Gasteiger charge is 2.48. The van der Waals surface area contributed by atoms with E-state index in [0.717, 1.165) is 27.2 Å². The highest BCUT2D eigenvalue weighted by Crippen LogP contribution is 2.64. The molecule has 3 aromatic rings. The molecule has 2 heterocycles. The number of rotatable bonds is 3. The molecule has 32 heavy (non-hydrogen) atoms. The summed E-state index contributed by atoms with van der Waals surface area (Å²) >= 11 is 3.48. The lowest BCUT2D eigenvalue weighted by molar-refractivity contribution is 0.579. The van der Waals surface area contributed by atoms with Crippen LogP contribution in [0.15, 0.2) is 99.4 Å². The molecule has 2 aliphatic rings. The van der Waals surface area contributed by atoms with E-state index in [9.17, 15) is 4.57 Å². The van der Waals surface area contributed by atoms with E-state index >= 15 is 0 Å². The number of para-hydroxylation sites is 2. The van der Waals surface area contributed by atoms with Crippen LogP contribution in [0.2, 0.25) is 0 Å². The Labute approximate surface area is 197 Å². The SMILES string of the molecule is CN1/C(=C2/C=NN(c3ccccc3)P2(=O)Nc2ccc(Br)cc2)C(C)(C)c2ccccc21. The molecule has 1 atom stereocenters. The lowest BCUT2D eigenvalue weighted by Crippen LogP contribution is -2.26. The van der Waals surface area contributed by atoms with E-state index in [1.165, 1.54) is 5.56 Å². The van der Waals surface area contributed by atoms with Gasteiger partial charge in [0.05, 0.1) is 17.2 Å². The average Bonchev–Trinajstić information content (AvgIpc) is 3.21. The van der Waals surface area contributed by atoms with Gasteiger partial charge in [-0.25, -0.2) is 0 Å². The molecule has 5 rings (SSSR count). The van der Waals surface area contributed by atoms with E-state index in [2.05, 4.69) is 63.1 Å². The van der Waals surface area contributed by atoms with Crippen LogP contribution in [0.25, 0.3) is 0 Å². The number of likely N-dealkylation sites (N-methyl/N-ethyl adjacent to an activating group) is 1. The molecule has 0 fully saturated rings. The Morgan fingerprint density at radius 3 is 2.28 bits per heavy atom. The summed E-state index contributed by atoms with van der Waals surface area (Å²) in [7, 11) is -1.32. The molecule has 0 radical (unpaired) electrons. The topological polar surface area (TPSA) is 47.9 Å². The Morgan fingerprint density at radius 2 is 1.59 bits per heavy atom. The minimum atomic E-state index is -3.36. The van der Waals surface area contributed by atoms with E-state index in [-0.39, 0.29) is 5.41 Å². The third kappa shape index (κ3) is 3.21. The Bertz CT molecular complexity index is 1280. The van der Waals surface area contributed by atoms with Gasteiger partial charge in [0.1, 0.15) is 0 Å². The van der Waals surface area contributed by atoms with Gasteiger partial charge in [-0.05, 0) is 48.0 Å². The first kappa shape index (κ1) is 21.0. The van der Waals surface area contributed by atoms with Crippen LogP contribution >= 0.6 is 23.4 Å². The van der Waals surface area contributed by atoms with Gasteiger partial charge in [0, 0.05) is 34.0 Å². The van der Waals surface area contributed by atoms with Crippen LogP contribution in [0.5, 0.6) is 0 Å². The van der Waals surface area contributed by atoms with E-state index in [1.807, 2.05) is 67.7 Å². The van der Waals surface area contributed by atoms with Crippen molar-refractivity contribution in [1.82, 2.24) is 0 Å². The highest BCUT2D eigenvalue weighted by molar-refractivity contribution is 9.10. The first-order chi connectivity index (χ1) is 15.3. The third-order valence-electron chi connectivity index (χ3n) is 6.10. The van der Waals surface area contributed by atoms with Gasteiger partial charge in [0.25, 0.3) is 0 Å². The number of hydrazone groups is 1. The van der Waals surface area contributed by atoms with Crippen molar-refractivity contribution >= 4 is 46.7 Å². The first-order valence-corrected chi connectivity index (χ1v) is 12.9. The fraction of sp³-hybridized carbons (Fsp3) is 0.160.